The summed E-state index contributed by atoms with van der Waals surface area (Å²) in [6.45, 7) is 6.03. The minimum Gasteiger partial charge on any atom is -0.487 e. The molecular formula is C24H27N3O2. The number of aryl methyl sites for hydroxylation is 2. The van der Waals surface area contributed by atoms with Gasteiger partial charge in [0.05, 0.1) is 5.69 Å². The minimum absolute atomic E-state index is 0.0700. The number of rotatable bonds is 8. The number of nitrogens with zero attached hydrogens (tertiary/aromatic N) is 1. The van der Waals surface area contributed by atoms with Crippen molar-refractivity contribution >= 4 is 5.91 Å². The lowest BCUT2D eigenvalue weighted by molar-refractivity contribution is 0.0963. The number of carbonyl (C=O) groups excluding carboxylic acids is 1. The van der Waals surface area contributed by atoms with Crippen molar-refractivity contribution in [1.29, 1.82) is 0 Å². The Labute approximate surface area is 172 Å². The van der Waals surface area contributed by atoms with E-state index < -0.39 is 0 Å². The molecule has 1 amide bonds. The zero-order chi connectivity index (χ0) is 20.6. The number of amides is 1. The molecule has 5 heteroatoms. The third-order valence-electron chi connectivity index (χ3n) is 4.69. The van der Waals surface area contributed by atoms with Crippen molar-refractivity contribution in [2.75, 3.05) is 7.05 Å². The Morgan fingerprint density at radius 3 is 2.41 bits per heavy atom. The number of aromatic nitrogens is 1. The van der Waals surface area contributed by atoms with Gasteiger partial charge in [0.15, 0.2) is 0 Å². The molecule has 0 aliphatic heterocycles. The van der Waals surface area contributed by atoms with Gasteiger partial charge >= 0.3 is 0 Å². The number of nitrogens with one attached hydrogen (secondary N) is 2. The van der Waals surface area contributed by atoms with Crippen LogP contribution in [0.25, 0.3) is 0 Å². The van der Waals surface area contributed by atoms with E-state index in [9.17, 15) is 4.79 Å². The van der Waals surface area contributed by atoms with Crippen LogP contribution < -0.4 is 15.4 Å². The lowest BCUT2D eigenvalue weighted by Gasteiger charge is -2.14. The SMILES string of the molecule is CNC(=O)c1cccc(CNCc2cc(C)c(OCc3ccccn3)c(C)c2)c1. The van der Waals surface area contributed by atoms with E-state index in [1.54, 1.807) is 13.2 Å². The van der Waals surface area contributed by atoms with Crippen LogP contribution in [0.3, 0.4) is 0 Å². The molecule has 3 aromatic rings. The van der Waals surface area contributed by atoms with Crippen molar-refractivity contribution < 1.29 is 9.53 Å². The molecule has 0 aliphatic carbocycles. The van der Waals surface area contributed by atoms with E-state index in [4.69, 9.17) is 4.74 Å². The van der Waals surface area contributed by atoms with Gasteiger partial charge in [-0.2, -0.15) is 0 Å². The molecule has 1 aromatic heterocycles. The number of hydrogen-bond donors (Lipinski definition) is 2. The van der Waals surface area contributed by atoms with Gasteiger partial charge in [-0.1, -0.05) is 30.3 Å². The molecule has 5 nitrogen and oxygen atoms in total. The summed E-state index contributed by atoms with van der Waals surface area (Å²) in [7, 11) is 1.64. The van der Waals surface area contributed by atoms with Gasteiger partial charge in [-0.15, -0.1) is 0 Å². The quantitative estimate of drug-likeness (QED) is 0.613. The van der Waals surface area contributed by atoms with Crippen LogP contribution in [-0.2, 0) is 19.7 Å². The summed E-state index contributed by atoms with van der Waals surface area (Å²) < 4.78 is 6.01. The maximum absolute atomic E-state index is 11.8. The highest BCUT2D eigenvalue weighted by Crippen LogP contribution is 2.25. The van der Waals surface area contributed by atoms with Gasteiger partial charge in [-0.25, -0.2) is 0 Å². The number of hydrogen-bond acceptors (Lipinski definition) is 4. The predicted molar refractivity (Wildman–Crippen MR) is 115 cm³/mol. The van der Waals surface area contributed by atoms with Gasteiger partial charge in [0.25, 0.3) is 5.91 Å². The van der Waals surface area contributed by atoms with Crippen LogP contribution >= 0.6 is 0 Å². The number of ether oxygens (including phenoxy) is 1. The van der Waals surface area contributed by atoms with Crippen LogP contribution in [0.1, 0.15) is 38.3 Å². The molecule has 1 heterocycles. The second-order valence-corrected chi connectivity index (χ2v) is 7.05. The molecule has 0 saturated heterocycles. The molecule has 3 rings (SSSR count). The Balaban J connectivity index is 1.58. The molecule has 0 fully saturated rings. The zero-order valence-electron chi connectivity index (χ0n) is 17.2. The first-order valence-corrected chi connectivity index (χ1v) is 9.71. The van der Waals surface area contributed by atoms with Gasteiger partial charge in [0, 0.05) is 31.9 Å². The van der Waals surface area contributed by atoms with Crippen molar-refractivity contribution in [3.63, 3.8) is 0 Å². The van der Waals surface area contributed by atoms with Crippen molar-refractivity contribution in [2.45, 2.75) is 33.5 Å². The van der Waals surface area contributed by atoms with Crippen molar-refractivity contribution in [3.05, 3.63) is 94.3 Å². The molecule has 0 spiro atoms. The van der Waals surface area contributed by atoms with E-state index in [-0.39, 0.29) is 5.91 Å². The molecule has 0 radical (unpaired) electrons. The molecule has 0 aliphatic rings. The first-order valence-electron chi connectivity index (χ1n) is 9.71. The van der Waals surface area contributed by atoms with Crippen molar-refractivity contribution in [3.8, 4) is 5.75 Å². The monoisotopic (exact) mass is 389 g/mol. The van der Waals surface area contributed by atoms with E-state index in [1.165, 1.54) is 5.56 Å². The van der Waals surface area contributed by atoms with Gasteiger partial charge in [-0.05, 0) is 60.4 Å². The Morgan fingerprint density at radius 1 is 0.966 bits per heavy atom. The van der Waals surface area contributed by atoms with Crippen LogP contribution in [0.15, 0.2) is 60.8 Å². The second kappa shape index (κ2) is 9.85. The van der Waals surface area contributed by atoms with Gasteiger partial charge in [0.2, 0.25) is 0 Å². The van der Waals surface area contributed by atoms with E-state index in [2.05, 4.69) is 41.6 Å². The van der Waals surface area contributed by atoms with E-state index >= 15 is 0 Å². The summed E-state index contributed by atoms with van der Waals surface area (Å²) in [5, 5.41) is 6.11. The summed E-state index contributed by atoms with van der Waals surface area (Å²) in [5.41, 5.74) is 6.09. The number of pyridine rings is 1. The maximum atomic E-state index is 11.8. The fraction of sp³-hybridized carbons (Fsp3) is 0.250. The fourth-order valence-electron chi connectivity index (χ4n) is 3.32. The number of carbonyl (C=O) groups is 1. The summed E-state index contributed by atoms with van der Waals surface area (Å²) in [5.74, 6) is 0.845. The van der Waals surface area contributed by atoms with Crippen molar-refractivity contribution in [2.24, 2.45) is 0 Å². The Kier molecular flexibility index (Phi) is 6.98. The standard InChI is InChI=1S/C24H27N3O2/c1-17-11-20(12-18(2)23(17)29-16-22-9-4-5-10-27-22)15-26-14-19-7-6-8-21(13-19)24(28)25-3/h4-13,26H,14-16H2,1-3H3,(H,25,28). The molecular weight excluding hydrogens is 362 g/mol. The third kappa shape index (κ3) is 5.65. The largest absolute Gasteiger partial charge is 0.487 e. The Bertz CT molecular complexity index is 948. The van der Waals surface area contributed by atoms with Crippen molar-refractivity contribution in [1.82, 2.24) is 15.6 Å². The highest BCUT2D eigenvalue weighted by atomic mass is 16.5. The van der Waals surface area contributed by atoms with Gasteiger partial charge in [0.1, 0.15) is 12.4 Å². The summed E-state index contributed by atoms with van der Waals surface area (Å²) in [6.07, 6.45) is 1.78. The van der Waals surface area contributed by atoms with E-state index in [1.807, 2.05) is 42.5 Å². The summed E-state index contributed by atoms with van der Waals surface area (Å²) in [4.78, 5) is 16.1. The lowest BCUT2D eigenvalue weighted by Crippen LogP contribution is -2.18. The van der Waals surface area contributed by atoms with Crippen LogP contribution in [-0.4, -0.2) is 17.9 Å². The number of benzene rings is 2. The minimum atomic E-state index is -0.0700. The van der Waals surface area contributed by atoms with E-state index in [0.29, 0.717) is 18.7 Å². The van der Waals surface area contributed by atoms with Crippen LogP contribution in [0.4, 0.5) is 0 Å². The molecule has 150 valence electrons. The molecule has 0 unspecified atom stereocenters. The molecule has 2 N–H and O–H groups in total. The Hall–Kier alpha value is -3.18. The summed E-state index contributed by atoms with van der Waals surface area (Å²) >= 11 is 0. The fourth-order valence-corrected chi connectivity index (χ4v) is 3.32. The maximum Gasteiger partial charge on any atom is 0.251 e. The van der Waals surface area contributed by atoms with Crippen LogP contribution in [0.2, 0.25) is 0 Å². The average molecular weight is 389 g/mol. The summed E-state index contributed by atoms with van der Waals surface area (Å²) in [6, 6.07) is 17.8. The molecule has 29 heavy (non-hydrogen) atoms. The Morgan fingerprint density at radius 2 is 1.72 bits per heavy atom. The topological polar surface area (TPSA) is 63.2 Å². The highest BCUT2D eigenvalue weighted by molar-refractivity contribution is 5.94. The molecule has 0 atom stereocenters. The highest BCUT2D eigenvalue weighted by Gasteiger charge is 2.08. The zero-order valence-corrected chi connectivity index (χ0v) is 17.2. The predicted octanol–water partition coefficient (Wildman–Crippen LogP) is 3.93. The third-order valence-corrected chi connectivity index (χ3v) is 4.69. The normalized spacial score (nSPS) is 10.6. The first-order chi connectivity index (χ1) is 14.1. The van der Waals surface area contributed by atoms with E-state index in [0.717, 1.165) is 34.7 Å². The smallest absolute Gasteiger partial charge is 0.251 e. The molecule has 0 bridgehead atoms. The average Bonchev–Trinajstić information content (AvgIpc) is 2.73. The lowest BCUT2D eigenvalue weighted by atomic mass is 10.1. The van der Waals surface area contributed by atoms with Crippen LogP contribution in [0, 0.1) is 13.8 Å². The van der Waals surface area contributed by atoms with Gasteiger partial charge in [-0.3, -0.25) is 9.78 Å². The molecule has 0 saturated carbocycles. The van der Waals surface area contributed by atoms with Crippen LogP contribution in [0.5, 0.6) is 5.75 Å². The molecule has 2 aromatic carbocycles. The second-order valence-electron chi connectivity index (χ2n) is 7.05. The first kappa shape index (κ1) is 20.6. The van der Waals surface area contributed by atoms with Gasteiger partial charge < -0.3 is 15.4 Å².